The van der Waals surface area contributed by atoms with Crippen LogP contribution in [0.3, 0.4) is 0 Å². The highest BCUT2D eigenvalue weighted by Crippen LogP contribution is 2.73. The first kappa shape index (κ1) is 70.6. The van der Waals surface area contributed by atoms with Crippen LogP contribution in [0.4, 0.5) is 34.1 Å². The van der Waals surface area contributed by atoms with Crippen molar-refractivity contribution < 1.29 is 0 Å². The van der Waals surface area contributed by atoms with Gasteiger partial charge in [-0.15, -0.1) is 0 Å². The van der Waals surface area contributed by atoms with Crippen molar-refractivity contribution in [2.75, 3.05) is 9.80 Å². The molecule has 8 saturated carbocycles. The summed E-state index contributed by atoms with van der Waals surface area (Å²) in [5.74, 6) is 6.61. The van der Waals surface area contributed by atoms with Gasteiger partial charge in [0.15, 0.2) is 0 Å². The van der Waals surface area contributed by atoms with Crippen LogP contribution < -0.4 is 9.80 Å². The molecule has 0 saturated heterocycles. The lowest BCUT2D eigenvalue weighted by molar-refractivity contribution is -0.0399. The Hall–Kier alpha value is -12.4. The molecule has 120 heavy (non-hydrogen) atoms. The van der Waals surface area contributed by atoms with Crippen molar-refractivity contribution in [3.05, 3.63) is 396 Å². The van der Waals surface area contributed by atoms with E-state index in [1.165, 1.54) is 220 Å². The number of hydrogen-bond acceptors (Lipinski definition) is 2. The number of benzene rings is 16. The van der Waals surface area contributed by atoms with E-state index in [2.05, 4.69) is 389 Å². The predicted molar refractivity (Wildman–Crippen MR) is 501 cm³/mol. The highest BCUT2D eigenvalue weighted by Gasteiger charge is 2.64. The second-order valence-electron chi connectivity index (χ2n) is 38.5. The highest BCUT2D eigenvalue weighted by molar-refractivity contribution is 6.12. The first-order chi connectivity index (χ1) is 59.0. The molecule has 2 spiro atoms. The zero-order valence-electron chi connectivity index (χ0n) is 69.1. The summed E-state index contributed by atoms with van der Waals surface area (Å²) in [4.78, 5) is 5.15. The van der Waals surface area contributed by atoms with E-state index in [4.69, 9.17) is 0 Å². The van der Waals surface area contributed by atoms with Crippen molar-refractivity contribution >= 4 is 55.7 Å². The van der Waals surface area contributed by atoms with Crippen molar-refractivity contribution in [1.29, 1.82) is 0 Å². The molecule has 8 bridgehead atoms. The van der Waals surface area contributed by atoms with Gasteiger partial charge in [-0.2, -0.15) is 0 Å². The van der Waals surface area contributed by atoms with E-state index in [-0.39, 0.29) is 21.7 Å². The van der Waals surface area contributed by atoms with E-state index in [9.17, 15) is 0 Å². The smallest absolute Gasteiger partial charge is 0.0546 e. The molecule has 12 aliphatic carbocycles. The Morgan fingerprint density at radius 1 is 0.225 bits per heavy atom. The second-order valence-corrected chi connectivity index (χ2v) is 38.5. The Labute approximate surface area is 706 Å². The molecule has 0 unspecified atom stereocenters. The fraction of sp³-hybridized carbons (Fsp3) is 0.220. The molecule has 0 aliphatic heterocycles. The molecule has 0 radical (unpaired) electrons. The van der Waals surface area contributed by atoms with E-state index in [0.29, 0.717) is 11.8 Å². The molecule has 0 heterocycles. The summed E-state index contributed by atoms with van der Waals surface area (Å²) in [6, 6.07) is 134. The van der Waals surface area contributed by atoms with Gasteiger partial charge in [-0.1, -0.05) is 325 Å². The van der Waals surface area contributed by atoms with Crippen LogP contribution in [-0.4, -0.2) is 0 Å². The Kier molecular flexibility index (Phi) is 15.6. The van der Waals surface area contributed by atoms with Gasteiger partial charge in [0, 0.05) is 49.4 Å². The zero-order valence-corrected chi connectivity index (χ0v) is 69.1. The zero-order chi connectivity index (χ0) is 79.5. The van der Waals surface area contributed by atoms with Gasteiger partial charge in [-0.05, 0) is 305 Å². The fourth-order valence-corrected chi connectivity index (χ4v) is 27.9. The topological polar surface area (TPSA) is 6.48 Å². The largest absolute Gasteiger partial charge is 0.310 e. The van der Waals surface area contributed by atoms with Gasteiger partial charge in [0.1, 0.15) is 0 Å². The van der Waals surface area contributed by atoms with E-state index in [0.717, 1.165) is 46.9 Å². The molecule has 16 aromatic carbocycles. The van der Waals surface area contributed by atoms with Crippen molar-refractivity contribution in [2.45, 2.75) is 114 Å². The molecule has 2 heteroatoms. The first-order valence-corrected chi connectivity index (χ1v) is 44.9. The number of nitrogens with zero attached hydrogens (tertiary/aromatic N) is 2. The Morgan fingerprint density at radius 2 is 0.633 bits per heavy atom. The molecule has 12 aliphatic rings. The quantitative estimate of drug-likeness (QED) is 0.135. The van der Waals surface area contributed by atoms with E-state index < -0.39 is 0 Å². The molecule has 16 aromatic rings. The Bertz CT molecular complexity index is 6830. The summed E-state index contributed by atoms with van der Waals surface area (Å²) in [5.41, 5.74) is 40.7. The molecular weight excluding hydrogens is 1450 g/mol. The lowest BCUT2D eigenvalue weighted by Crippen LogP contribution is -2.55. The minimum Gasteiger partial charge on any atom is -0.310 e. The number of anilines is 6. The minimum atomic E-state index is -0.178. The minimum absolute atomic E-state index is 0.0650. The SMILES string of the molecule is CC1(C)c2ccccc2-c2c(N(c3ccc(-c4ccccc4)cc3)c3cccc4cccc(-c5cccc6c5C5(c7ccccc7-6)C6CC7CC(C6)CC5C7)c34)cccc21.CC1(C)c2ccccc2-c2cccc(N(c3cccc(-c4ccccc4)c3)c3cccc4c(-c5ccc6c(c5)-c5ccccc5C65C6CC7CC(C6)CC5C7)cccc34)c21. The second kappa shape index (κ2) is 26.6. The highest BCUT2D eigenvalue weighted by atomic mass is 15.2. The number of hydrogen-bond donors (Lipinski definition) is 0. The third-order valence-electron chi connectivity index (χ3n) is 32.1. The lowest BCUT2D eigenvalue weighted by Gasteiger charge is -2.61. The summed E-state index contributed by atoms with van der Waals surface area (Å²) in [6.07, 6.45) is 14.1. The maximum atomic E-state index is 2.59. The van der Waals surface area contributed by atoms with E-state index in [1.807, 2.05) is 0 Å². The molecule has 0 atom stereocenters. The van der Waals surface area contributed by atoms with Gasteiger partial charge in [-0.3, -0.25) is 0 Å². The average Bonchev–Trinajstić information content (AvgIpc) is 1.49. The molecule has 28 rings (SSSR count). The normalized spacial score (nSPS) is 23.4. The molecule has 0 N–H and O–H groups in total. The van der Waals surface area contributed by atoms with Crippen molar-refractivity contribution in [3.8, 4) is 89.0 Å². The summed E-state index contributed by atoms with van der Waals surface area (Å²) in [6.45, 7) is 9.59. The summed E-state index contributed by atoms with van der Waals surface area (Å²) in [7, 11) is 0. The third kappa shape index (κ3) is 10.1. The maximum Gasteiger partial charge on any atom is 0.0546 e. The third-order valence-corrected chi connectivity index (χ3v) is 32.1. The van der Waals surface area contributed by atoms with Gasteiger partial charge < -0.3 is 9.80 Å². The van der Waals surface area contributed by atoms with Gasteiger partial charge in [-0.25, -0.2) is 0 Å². The van der Waals surface area contributed by atoms with Crippen LogP contribution in [0, 0.1) is 47.3 Å². The molecule has 580 valence electrons. The van der Waals surface area contributed by atoms with E-state index >= 15 is 0 Å². The average molecular weight is 1540 g/mol. The Balaban J connectivity index is 0.000000133. The number of rotatable bonds is 10. The lowest BCUT2D eigenvalue weighted by atomic mass is 9.42. The van der Waals surface area contributed by atoms with E-state index in [1.54, 1.807) is 22.3 Å². The monoisotopic (exact) mass is 1540 g/mol. The molecule has 2 nitrogen and oxygen atoms in total. The molecule has 0 aromatic heterocycles. The predicted octanol–water partition coefficient (Wildman–Crippen LogP) is 31.3. The van der Waals surface area contributed by atoms with Gasteiger partial charge in [0.25, 0.3) is 0 Å². The maximum absolute atomic E-state index is 2.59. The molecular formula is C118H98N2. The van der Waals surface area contributed by atoms with Crippen LogP contribution in [0.25, 0.3) is 111 Å². The van der Waals surface area contributed by atoms with Crippen LogP contribution in [0.2, 0.25) is 0 Å². The van der Waals surface area contributed by atoms with Crippen LogP contribution in [0.5, 0.6) is 0 Å². The fourth-order valence-electron chi connectivity index (χ4n) is 27.9. The summed E-state index contributed by atoms with van der Waals surface area (Å²) in [5, 5.41) is 5.13. The summed E-state index contributed by atoms with van der Waals surface area (Å²) >= 11 is 0. The van der Waals surface area contributed by atoms with Crippen molar-refractivity contribution in [2.24, 2.45) is 47.3 Å². The van der Waals surface area contributed by atoms with Crippen molar-refractivity contribution in [1.82, 2.24) is 0 Å². The molecule has 0 amide bonds. The molecule has 8 fully saturated rings. The van der Waals surface area contributed by atoms with Gasteiger partial charge in [0.2, 0.25) is 0 Å². The van der Waals surface area contributed by atoms with Crippen LogP contribution in [0.1, 0.15) is 136 Å². The van der Waals surface area contributed by atoms with Crippen LogP contribution in [0.15, 0.2) is 352 Å². The van der Waals surface area contributed by atoms with Gasteiger partial charge in [0.05, 0.1) is 22.7 Å². The standard InChI is InChI=1S/2C59H49N/c1-58(2)50-23-8-7-19-49(50)56-52(58)25-13-27-54(56)60(44-30-28-40(29-31-44)39-14-4-3-5-15-39)53-26-11-17-41-16-10-20-46(55(41)53)48-22-12-21-47-45-18-6-9-24-51(45)59(57(47)48)42-33-37-32-38(35-42)36-43(59)34-37;1-58(2)52-24-8-6-18-47(52)50-23-13-27-56(57(50)58)60(44-17-10-16-40(35-44)39-14-4-3-5-15-39)55-26-12-21-46-45(20-11-22-49(46)55)41-28-29-54-51(36-41)48-19-7-9-25-53(48)59(54)42-31-37-30-38(33-42)34-43(59)32-37/h3-31,37-38,42-43H,32-36H2,1-2H3;3-29,35-38,42-43H,30-34H2,1-2H3. The van der Waals surface area contributed by atoms with Crippen LogP contribution in [-0.2, 0) is 21.7 Å². The van der Waals surface area contributed by atoms with Gasteiger partial charge >= 0.3 is 0 Å². The first-order valence-electron chi connectivity index (χ1n) is 44.9. The van der Waals surface area contributed by atoms with Crippen LogP contribution >= 0.6 is 0 Å². The summed E-state index contributed by atoms with van der Waals surface area (Å²) < 4.78 is 0. The Morgan fingerprint density at radius 3 is 1.31 bits per heavy atom. The number of fused-ring (bicyclic) bond motifs is 14. The van der Waals surface area contributed by atoms with Crippen molar-refractivity contribution in [3.63, 3.8) is 0 Å².